The van der Waals surface area contributed by atoms with Crippen LogP contribution in [0.5, 0.6) is 0 Å². The zero-order valence-corrected chi connectivity index (χ0v) is 13.8. The number of thiazole rings is 1. The van der Waals surface area contributed by atoms with E-state index in [2.05, 4.69) is 53.7 Å². The zero-order chi connectivity index (χ0) is 14.9. The highest BCUT2D eigenvalue weighted by Crippen LogP contribution is 2.21. The second kappa shape index (κ2) is 8.93. The van der Waals surface area contributed by atoms with Crippen molar-refractivity contribution in [3.05, 3.63) is 40.7 Å². The van der Waals surface area contributed by atoms with Crippen LogP contribution in [0.1, 0.15) is 25.3 Å². The van der Waals surface area contributed by atoms with E-state index in [-0.39, 0.29) is 0 Å². The first-order chi connectivity index (χ1) is 10.3. The molecule has 1 aromatic carbocycles. The average Bonchev–Trinajstić information content (AvgIpc) is 3.01. The van der Waals surface area contributed by atoms with Gasteiger partial charge in [-0.2, -0.15) is 0 Å². The number of aromatic nitrogens is 1. The van der Waals surface area contributed by atoms with Gasteiger partial charge in [0.25, 0.3) is 0 Å². The summed E-state index contributed by atoms with van der Waals surface area (Å²) in [6, 6.07) is 10.4. The van der Waals surface area contributed by atoms with Crippen molar-refractivity contribution in [2.75, 3.05) is 26.2 Å². The lowest BCUT2D eigenvalue weighted by molar-refractivity contribution is 0.298. The zero-order valence-electron chi connectivity index (χ0n) is 13.0. The van der Waals surface area contributed by atoms with Gasteiger partial charge in [0.15, 0.2) is 0 Å². The van der Waals surface area contributed by atoms with E-state index >= 15 is 0 Å². The predicted molar refractivity (Wildman–Crippen MR) is 91.7 cm³/mol. The Kier molecular flexibility index (Phi) is 6.86. The maximum Gasteiger partial charge on any atom is 0.107 e. The van der Waals surface area contributed by atoms with Crippen molar-refractivity contribution in [2.24, 2.45) is 0 Å². The monoisotopic (exact) mass is 303 g/mol. The predicted octanol–water partition coefficient (Wildman–Crippen LogP) is 3.63. The maximum atomic E-state index is 4.69. The Hall–Kier alpha value is -1.23. The number of rotatable bonds is 9. The van der Waals surface area contributed by atoms with Crippen LogP contribution in [0.4, 0.5) is 0 Å². The van der Waals surface area contributed by atoms with E-state index in [0.29, 0.717) is 0 Å². The number of nitrogens with one attached hydrogen (secondary N) is 1. The van der Waals surface area contributed by atoms with E-state index in [1.807, 2.05) is 6.07 Å². The second-order valence-corrected chi connectivity index (χ2v) is 5.99. The molecule has 2 rings (SSSR count). The van der Waals surface area contributed by atoms with Gasteiger partial charge >= 0.3 is 0 Å². The molecule has 4 heteroatoms. The van der Waals surface area contributed by atoms with Crippen molar-refractivity contribution in [1.29, 1.82) is 0 Å². The maximum absolute atomic E-state index is 4.69. The molecule has 0 bridgehead atoms. The third-order valence-electron chi connectivity index (χ3n) is 3.62. The van der Waals surface area contributed by atoms with Gasteiger partial charge in [-0.15, -0.1) is 11.3 Å². The van der Waals surface area contributed by atoms with E-state index in [1.165, 1.54) is 18.5 Å². The highest BCUT2D eigenvalue weighted by molar-refractivity contribution is 7.09. The van der Waals surface area contributed by atoms with E-state index in [9.17, 15) is 0 Å². The molecule has 2 aromatic rings. The van der Waals surface area contributed by atoms with Crippen LogP contribution in [0.2, 0.25) is 0 Å². The summed E-state index contributed by atoms with van der Waals surface area (Å²) in [5, 5.41) is 6.80. The fourth-order valence-electron chi connectivity index (χ4n) is 2.30. The van der Waals surface area contributed by atoms with Crippen molar-refractivity contribution in [1.82, 2.24) is 15.2 Å². The quantitative estimate of drug-likeness (QED) is 0.717. The van der Waals surface area contributed by atoms with Gasteiger partial charge in [-0.25, -0.2) is 4.98 Å². The molecule has 0 aliphatic carbocycles. The number of benzene rings is 1. The molecule has 3 nitrogen and oxygen atoms in total. The van der Waals surface area contributed by atoms with Crippen LogP contribution in [0.15, 0.2) is 35.7 Å². The molecule has 0 radical (unpaired) electrons. The van der Waals surface area contributed by atoms with Gasteiger partial charge in [-0.3, -0.25) is 0 Å². The largest absolute Gasteiger partial charge is 0.310 e. The third kappa shape index (κ3) is 5.23. The summed E-state index contributed by atoms with van der Waals surface area (Å²) >= 11 is 1.73. The Morgan fingerprint density at radius 2 is 1.90 bits per heavy atom. The van der Waals surface area contributed by atoms with E-state index in [1.54, 1.807) is 11.3 Å². The molecule has 0 saturated carbocycles. The molecule has 0 aliphatic rings. The molecule has 0 aliphatic heterocycles. The van der Waals surface area contributed by atoms with Gasteiger partial charge in [0.05, 0.1) is 5.69 Å². The van der Waals surface area contributed by atoms with Crippen LogP contribution >= 0.6 is 11.3 Å². The second-order valence-electron chi connectivity index (χ2n) is 5.05. The number of hydrogen-bond acceptors (Lipinski definition) is 4. The van der Waals surface area contributed by atoms with Crippen molar-refractivity contribution >= 4 is 11.3 Å². The van der Waals surface area contributed by atoms with E-state index in [0.717, 1.165) is 36.9 Å². The lowest BCUT2D eigenvalue weighted by Crippen LogP contribution is -2.27. The Balaban J connectivity index is 1.71. The van der Waals surface area contributed by atoms with E-state index in [4.69, 9.17) is 4.98 Å². The Bertz CT molecular complexity index is 506. The fraction of sp³-hybridized carbons (Fsp3) is 0.471. The summed E-state index contributed by atoms with van der Waals surface area (Å²) < 4.78 is 0. The molecule has 1 N–H and O–H groups in total. The minimum Gasteiger partial charge on any atom is -0.310 e. The summed E-state index contributed by atoms with van der Waals surface area (Å²) in [6.45, 7) is 9.82. The number of hydrogen-bond donors (Lipinski definition) is 1. The normalized spacial score (nSPS) is 11.2. The van der Waals surface area contributed by atoms with Crippen LogP contribution in [0.25, 0.3) is 11.3 Å². The first kappa shape index (κ1) is 16.1. The smallest absolute Gasteiger partial charge is 0.107 e. The minimum absolute atomic E-state index is 0.871. The Morgan fingerprint density at radius 1 is 1.14 bits per heavy atom. The molecule has 0 unspecified atom stereocenters. The Labute approximate surface area is 132 Å². The molecule has 114 valence electrons. The third-order valence-corrected chi connectivity index (χ3v) is 4.47. The SMILES string of the molecule is CCN(CC)CCCNCc1nc(-c2ccccc2)cs1. The van der Waals surface area contributed by atoms with Gasteiger partial charge in [0.1, 0.15) is 5.01 Å². The van der Waals surface area contributed by atoms with Gasteiger partial charge in [0, 0.05) is 17.5 Å². The van der Waals surface area contributed by atoms with Gasteiger partial charge in [-0.05, 0) is 32.6 Å². The lowest BCUT2D eigenvalue weighted by Gasteiger charge is -2.17. The Morgan fingerprint density at radius 3 is 2.62 bits per heavy atom. The standard InChI is InChI=1S/C17H25N3S/c1-3-20(4-2)12-8-11-18-13-17-19-16(14-21-17)15-9-6-5-7-10-15/h5-7,9-10,14,18H,3-4,8,11-13H2,1-2H3. The molecule has 0 spiro atoms. The minimum atomic E-state index is 0.871. The highest BCUT2D eigenvalue weighted by Gasteiger charge is 2.04. The molecular formula is C17H25N3S. The lowest BCUT2D eigenvalue weighted by atomic mass is 10.2. The highest BCUT2D eigenvalue weighted by atomic mass is 32.1. The molecule has 0 amide bonds. The first-order valence-corrected chi connectivity index (χ1v) is 8.64. The molecule has 21 heavy (non-hydrogen) atoms. The first-order valence-electron chi connectivity index (χ1n) is 7.76. The van der Waals surface area contributed by atoms with E-state index < -0.39 is 0 Å². The van der Waals surface area contributed by atoms with Crippen LogP contribution in [0, 0.1) is 0 Å². The number of nitrogens with zero attached hydrogens (tertiary/aromatic N) is 2. The van der Waals surface area contributed by atoms with Crippen molar-refractivity contribution in [2.45, 2.75) is 26.8 Å². The summed E-state index contributed by atoms with van der Waals surface area (Å²) in [5.74, 6) is 0. The fourth-order valence-corrected chi connectivity index (χ4v) is 3.07. The molecule has 0 fully saturated rings. The topological polar surface area (TPSA) is 28.2 Å². The van der Waals surface area contributed by atoms with Crippen LogP contribution in [0.3, 0.4) is 0 Å². The van der Waals surface area contributed by atoms with Crippen LogP contribution in [-0.2, 0) is 6.54 Å². The van der Waals surface area contributed by atoms with Crippen molar-refractivity contribution in [3.8, 4) is 11.3 Å². The molecular weight excluding hydrogens is 278 g/mol. The molecule has 1 heterocycles. The van der Waals surface area contributed by atoms with Gasteiger partial charge in [0.2, 0.25) is 0 Å². The summed E-state index contributed by atoms with van der Waals surface area (Å²) in [4.78, 5) is 7.15. The van der Waals surface area contributed by atoms with Gasteiger partial charge < -0.3 is 10.2 Å². The average molecular weight is 303 g/mol. The van der Waals surface area contributed by atoms with Crippen molar-refractivity contribution in [3.63, 3.8) is 0 Å². The van der Waals surface area contributed by atoms with Gasteiger partial charge in [-0.1, -0.05) is 44.2 Å². The van der Waals surface area contributed by atoms with Crippen molar-refractivity contribution < 1.29 is 0 Å². The molecule has 0 saturated heterocycles. The molecule has 1 aromatic heterocycles. The van der Waals surface area contributed by atoms with Crippen LogP contribution < -0.4 is 5.32 Å². The summed E-state index contributed by atoms with van der Waals surface area (Å²) in [6.07, 6.45) is 1.19. The van der Waals surface area contributed by atoms with Crippen LogP contribution in [-0.4, -0.2) is 36.1 Å². The summed E-state index contributed by atoms with van der Waals surface area (Å²) in [7, 11) is 0. The summed E-state index contributed by atoms with van der Waals surface area (Å²) in [5.41, 5.74) is 2.28. The molecule has 0 atom stereocenters.